The summed E-state index contributed by atoms with van der Waals surface area (Å²) in [5.74, 6) is -2.62. The lowest BCUT2D eigenvalue weighted by atomic mass is 10.2. The third kappa shape index (κ3) is 4.27. The van der Waals surface area contributed by atoms with Crippen LogP contribution in [0.25, 0.3) is 0 Å². The number of carbonyl (C=O) groups is 3. The molecule has 2 amide bonds. The van der Waals surface area contributed by atoms with Crippen molar-refractivity contribution >= 4 is 18.0 Å². The Kier molecular flexibility index (Phi) is 4.70. The molecule has 1 saturated heterocycles. The van der Waals surface area contributed by atoms with Crippen molar-refractivity contribution in [1.29, 1.82) is 0 Å². The molecule has 4 N–H and O–H groups in total. The van der Waals surface area contributed by atoms with Gasteiger partial charge in [-0.05, 0) is 0 Å². The Hall–Kier alpha value is -1.83. The van der Waals surface area contributed by atoms with E-state index >= 15 is 0 Å². The van der Waals surface area contributed by atoms with Crippen LogP contribution in [-0.2, 0) is 9.59 Å². The predicted octanol–water partition coefficient (Wildman–Crippen LogP) is -1.47. The van der Waals surface area contributed by atoms with Crippen molar-refractivity contribution in [1.82, 2.24) is 15.5 Å². The van der Waals surface area contributed by atoms with Crippen molar-refractivity contribution in [2.24, 2.45) is 0 Å². The van der Waals surface area contributed by atoms with Gasteiger partial charge in [-0.25, -0.2) is 9.59 Å². The first kappa shape index (κ1) is 13.2. The summed E-state index contributed by atoms with van der Waals surface area (Å²) in [6.45, 7) is 2.24. The van der Waals surface area contributed by atoms with E-state index in [0.717, 1.165) is 0 Å². The maximum atomic E-state index is 11.6. The Labute approximate surface area is 97.6 Å². The van der Waals surface area contributed by atoms with E-state index in [0.29, 0.717) is 26.2 Å². The molecule has 1 aliphatic rings. The van der Waals surface area contributed by atoms with Crippen LogP contribution in [0.5, 0.6) is 0 Å². The van der Waals surface area contributed by atoms with Gasteiger partial charge in [0, 0.05) is 26.2 Å². The highest BCUT2D eigenvalue weighted by Crippen LogP contribution is 1.98. The second-order valence-corrected chi connectivity index (χ2v) is 3.68. The van der Waals surface area contributed by atoms with E-state index < -0.39 is 30.4 Å². The van der Waals surface area contributed by atoms with Gasteiger partial charge in [0.1, 0.15) is 6.04 Å². The molecule has 17 heavy (non-hydrogen) atoms. The summed E-state index contributed by atoms with van der Waals surface area (Å²) in [6, 6.07) is -1.94. The standard InChI is InChI=1S/C9H15N3O5/c13-7(14)5-6(8(15)16)11-9(17)12-3-1-10-2-4-12/h6,10H,1-5H2,(H,11,17)(H,13,14)(H,15,16)/t6-/m1/s1. The number of carbonyl (C=O) groups excluding carboxylic acids is 1. The first-order valence-electron chi connectivity index (χ1n) is 5.21. The van der Waals surface area contributed by atoms with Crippen LogP contribution in [0.15, 0.2) is 0 Å². The van der Waals surface area contributed by atoms with Gasteiger partial charge in [0.25, 0.3) is 0 Å². The lowest BCUT2D eigenvalue weighted by molar-refractivity contribution is -0.145. The maximum Gasteiger partial charge on any atom is 0.326 e. The van der Waals surface area contributed by atoms with Gasteiger partial charge >= 0.3 is 18.0 Å². The van der Waals surface area contributed by atoms with E-state index in [1.165, 1.54) is 4.90 Å². The van der Waals surface area contributed by atoms with Crippen molar-refractivity contribution < 1.29 is 24.6 Å². The minimum Gasteiger partial charge on any atom is -0.481 e. The van der Waals surface area contributed by atoms with Gasteiger partial charge in [-0.1, -0.05) is 0 Å². The van der Waals surface area contributed by atoms with Crippen molar-refractivity contribution in [3.63, 3.8) is 0 Å². The van der Waals surface area contributed by atoms with Crippen LogP contribution in [0.2, 0.25) is 0 Å². The molecular formula is C9H15N3O5. The molecular weight excluding hydrogens is 230 g/mol. The number of nitrogens with zero attached hydrogens (tertiary/aromatic N) is 1. The molecule has 96 valence electrons. The number of urea groups is 1. The number of nitrogens with one attached hydrogen (secondary N) is 2. The topological polar surface area (TPSA) is 119 Å². The number of hydrogen-bond donors (Lipinski definition) is 4. The average molecular weight is 245 g/mol. The maximum absolute atomic E-state index is 11.6. The Morgan fingerprint density at radius 2 is 1.82 bits per heavy atom. The van der Waals surface area contributed by atoms with E-state index in [4.69, 9.17) is 10.2 Å². The summed E-state index contributed by atoms with van der Waals surface area (Å²) in [6.07, 6.45) is -0.632. The minimum absolute atomic E-state index is 0.477. The van der Waals surface area contributed by atoms with Crippen LogP contribution in [0, 0.1) is 0 Å². The molecule has 0 aromatic rings. The molecule has 1 fully saturated rings. The quantitative estimate of drug-likeness (QED) is 0.480. The molecule has 8 nitrogen and oxygen atoms in total. The van der Waals surface area contributed by atoms with Crippen LogP contribution in [-0.4, -0.2) is 65.3 Å². The molecule has 0 aromatic heterocycles. The van der Waals surface area contributed by atoms with Crippen LogP contribution < -0.4 is 10.6 Å². The Bertz CT molecular complexity index is 314. The van der Waals surface area contributed by atoms with Gasteiger partial charge < -0.3 is 25.7 Å². The fourth-order valence-corrected chi connectivity index (χ4v) is 1.48. The van der Waals surface area contributed by atoms with Crippen molar-refractivity contribution in [2.75, 3.05) is 26.2 Å². The lowest BCUT2D eigenvalue weighted by Crippen LogP contribution is -2.54. The monoisotopic (exact) mass is 245 g/mol. The summed E-state index contributed by atoms with van der Waals surface area (Å²) in [4.78, 5) is 34.3. The Morgan fingerprint density at radius 1 is 1.24 bits per heavy atom. The number of carboxylic acid groups (broad SMARTS) is 2. The molecule has 0 spiro atoms. The second kappa shape index (κ2) is 6.04. The van der Waals surface area contributed by atoms with E-state index in [1.54, 1.807) is 0 Å². The number of rotatable bonds is 4. The zero-order chi connectivity index (χ0) is 12.8. The zero-order valence-electron chi connectivity index (χ0n) is 9.18. The van der Waals surface area contributed by atoms with Crippen LogP contribution >= 0.6 is 0 Å². The summed E-state index contributed by atoms with van der Waals surface area (Å²) >= 11 is 0. The number of hydrogen-bond acceptors (Lipinski definition) is 4. The first-order chi connectivity index (χ1) is 8.00. The van der Waals surface area contributed by atoms with E-state index in [1.807, 2.05) is 0 Å². The largest absolute Gasteiger partial charge is 0.481 e. The first-order valence-corrected chi connectivity index (χ1v) is 5.21. The highest BCUT2D eigenvalue weighted by atomic mass is 16.4. The smallest absolute Gasteiger partial charge is 0.326 e. The van der Waals surface area contributed by atoms with Gasteiger partial charge in [-0.2, -0.15) is 0 Å². The third-order valence-electron chi connectivity index (χ3n) is 2.38. The van der Waals surface area contributed by atoms with Gasteiger partial charge in [0.15, 0.2) is 0 Å². The lowest BCUT2D eigenvalue weighted by Gasteiger charge is -2.28. The second-order valence-electron chi connectivity index (χ2n) is 3.68. The van der Waals surface area contributed by atoms with Crippen molar-refractivity contribution in [3.05, 3.63) is 0 Å². The van der Waals surface area contributed by atoms with Crippen LogP contribution in [0.3, 0.4) is 0 Å². The molecule has 0 bridgehead atoms. The van der Waals surface area contributed by atoms with Crippen molar-refractivity contribution in [3.8, 4) is 0 Å². The van der Waals surface area contributed by atoms with Gasteiger partial charge in [0.05, 0.1) is 6.42 Å². The molecule has 0 unspecified atom stereocenters. The highest BCUT2D eigenvalue weighted by molar-refractivity contribution is 5.86. The average Bonchev–Trinajstić information content (AvgIpc) is 2.28. The molecule has 8 heteroatoms. The van der Waals surface area contributed by atoms with Gasteiger partial charge in [-0.3, -0.25) is 4.79 Å². The number of piperazine rings is 1. The summed E-state index contributed by atoms with van der Waals surface area (Å²) in [7, 11) is 0. The molecule has 1 aliphatic heterocycles. The zero-order valence-corrected chi connectivity index (χ0v) is 9.18. The summed E-state index contributed by atoms with van der Waals surface area (Å²) < 4.78 is 0. The fraction of sp³-hybridized carbons (Fsp3) is 0.667. The minimum atomic E-state index is -1.39. The summed E-state index contributed by atoms with van der Waals surface area (Å²) in [5, 5.41) is 22.5. The molecule has 0 aromatic carbocycles. The SMILES string of the molecule is O=C(O)C[C@@H](NC(=O)N1CCNCC1)C(=O)O. The fourth-order valence-electron chi connectivity index (χ4n) is 1.48. The van der Waals surface area contributed by atoms with E-state index in [9.17, 15) is 14.4 Å². The number of amides is 2. The Balaban J connectivity index is 2.50. The highest BCUT2D eigenvalue weighted by Gasteiger charge is 2.25. The third-order valence-corrected chi connectivity index (χ3v) is 2.38. The van der Waals surface area contributed by atoms with Gasteiger partial charge in [-0.15, -0.1) is 0 Å². The molecule has 1 atom stereocenters. The predicted molar refractivity (Wildman–Crippen MR) is 56.7 cm³/mol. The normalized spacial score (nSPS) is 17.3. The molecule has 1 heterocycles. The number of aliphatic carboxylic acids is 2. The molecule has 0 saturated carbocycles. The molecule has 0 aliphatic carbocycles. The van der Waals surface area contributed by atoms with Crippen LogP contribution in [0.4, 0.5) is 4.79 Å². The van der Waals surface area contributed by atoms with Gasteiger partial charge in [0.2, 0.25) is 0 Å². The van der Waals surface area contributed by atoms with E-state index in [-0.39, 0.29) is 0 Å². The van der Waals surface area contributed by atoms with Crippen molar-refractivity contribution in [2.45, 2.75) is 12.5 Å². The Morgan fingerprint density at radius 3 is 2.29 bits per heavy atom. The van der Waals surface area contributed by atoms with E-state index in [2.05, 4.69) is 10.6 Å². The molecule has 0 radical (unpaired) electrons. The molecule has 1 rings (SSSR count). The number of carboxylic acids is 2. The van der Waals surface area contributed by atoms with Crippen LogP contribution in [0.1, 0.15) is 6.42 Å². The summed E-state index contributed by atoms with van der Waals surface area (Å²) in [5.41, 5.74) is 0.